The number of hydrogen-bond acceptors (Lipinski definition) is 5. The fourth-order valence-electron chi connectivity index (χ4n) is 11.9. The van der Waals surface area contributed by atoms with Crippen molar-refractivity contribution in [2.45, 2.75) is 0 Å². The number of benzene rings is 11. The summed E-state index contributed by atoms with van der Waals surface area (Å²) in [6, 6.07) is 93.9. The number of hydrogen-bond donors (Lipinski definition) is 0. The molecule has 16 rings (SSSR count). The lowest BCUT2D eigenvalue weighted by Crippen LogP contribution is -2.03. The van der Waals surface area contributed by atoms with Crippen LogP contribution in [0.15, 0.2) is 267 Å². The third-order valence-electron chi connectivity index (χ3n) is 15.5. The average Bonchev–Trinajstić information content (AvgIpc) is 4.36. The number of para-hydroxylation sites is 3. The van der Waals surface area contributed by atoms with Gasteiger partial charge in [-0.3, -0.25) is 9.13 Å². The van der Waals surface area contributed by atoms with Crippen LogP contribution in [0, 0.1) is 0 Å². The first-order valence-corrected chi connectivity index (χ1v) is 26.6. The van der Waals surface area contributed by atoms with Crippen molar-refractivity contribution in [1.29, 1.82) is 0 Å². The van der Waals surface area contributed by atoms with Gasteiger partial charge in [0.05, 0.1) is 33.3 Å². The molecule has 0 aliphatic carbocycles. The zero-order chi connectivity index (χ0) is 52.0. The Kier molecular flexibility index (Phi) is 10.1. The minimum Gasteiger partial charge on any atom is -0.309 e. The van der Waals surface area contributed by atoms with Crippen LogP contribution in [0.3, 0.4) is 0 Å². The highest BCUT2D eigenvalue weighted by Gasteiger charge is 2.24. The van der Waals surface area contributed by atoms with E-state index in [4.69, 9.17) is 24.9 Å². The Morgan fingerprint density at radius 1 is 0.278 bits per heavy atom. The molecule has 0 saturated heterocycles. The van der Waals surface area contributed by atoms with E-state index in [1.165, 1.54) is 16.2 Å². The van der Waals surface area contributed by atoms with Gasteiger partial charge in [0.15, 0.2) is 11.5 Å². The third kappa shape index (κ3) is 7.19. The molecule has 8 heteroatoms. The molecule has 0 saturated carbocycles. The molecule has 0 N–H and O–H groups in total. The highest BCUT2D eigenvalue weighted by molar-refractivity contribution is 6.22. The van der Waals surface area contributed by atoms with Crippen molar-refractivity contribution in [2.24, 2.45) is 0 Å². The Bertz CT molecular complexity index is 5050. The van der Waals surface area contributed by atoms with Crippen LogP contribution < -0.4 is 0 Å². The minimum absolute atomic E-state index is 0.605. The van der Waals surface area contributed by atoms with Crippen molar-refractivity contribution in [2.75, 3.05) is 0 Å². The minimum atomic E-state index is 0.605. The fraction of sp³-hybridized carbons (Fsp3) is 0. The summed E-state index contributed by atoms with van der Waals surface area (Å²) in [5, 5.41) is 7.90. The molecule has 0 aliphatic rings. The number of nitrogens with zero attached hydrogens (tertiary/aromatic N) is 8. The van der Waals surface area contributed by atoms with Gasteiger partial charge >= 0.3 is 0 Å². The summed E-state index contributed by atoms with van der Waals surface area (Å²) >= 11 is 0. The van der Waals surface area contributed by atoms with Gasteiger partial charge in [-0.25, -0.2) is 24.9 Å². The normalized spacial score (nSPS) is 11.8. The largest absolute Gasteiger partial charge is 0.309 e. The second-order valence-electron chi connectivity index (χ2n) is 20.0. The highest BCUT2D eigenvalue weighted by atomic mass is 15.2. The topological polar surface area (TPSA) is 79.2 Å². The third-order valence-corrected chi connectivity index (χ3v) is 15.5. The Labute approximate surface area is 453 Å². The Morgan fingerprint density at radius 2 is 0.835 bits per heavy atom. The molecule has 16 aromatic rings. The predicted octanol–water partition coefficient (Wildman–Crippen LogP) is 17.4. The standard InChI is InChI=1S/C71H44N8/c1-6-21-46(22-7-1)65-56-32-18-19-33-59(56)72-71(74-65)79-61-39-36-49(42-58(61)64-54-31-17-16-20-45(54)35-41-62(64)79)50-34-38-55-57-43-51(37-40-60(57)77(63(55)44-50)52-27-12-4-13-28-52)68-73-66(47-23-8-2-9-24-47)67-69(75-68)76-70(48-25-10-3-11-26-48)78(67)53-29-14-5-15-30-53/h1-44H. The van der Waals surface area contributed by atoms with Crippen molar-refractivity contribution >= 4 is 76.5 Å². The SMILES string of the molecule is c1ccc(-c2nc(-n3c4ccc(-c5ccc6c7cc(-c8nc(-c9ccccc9)c9c(n8)nc(-c8ccccc8)n9-c8ccccc8)ccc7n(-c7ccccc7)c6c5)cc4c4c5ccccc5ccc43)nc3ccccc23)cc1. The molecule has 11 aromatic carbocycles. The molecule has 0 radical (unpaired) electrons. The van der Waals surface area contributed by atoms with Gasteiger partial charge in [-0.2, -0.15) is 0 Å². The van der Waals surface area contributed by atoms with E-state index in [0.29, 0.717) is 17.4 Å². The Balaban J connectivity index is 0.888. The summed E-state index contributed by atoms with van der Waals surface area (Å²) in [6.45, 7) is 0. The zero-order valence-electron chi connectivity index (χ0n) is 42.5. The first-order valence-electron chi connectivity index (χ1n) is 26.6. The molecule has 0 bridgehead atoms. The average molecular weight is 1010 g/mol. The van der Waals surface area contributed by atoms with Crippen LogP contribution in [0.5, 0.6) is 0 Å². The van der Waals surface area contributed by atoms with E-state index in [1.54, 1.807) is 0 Å². The van der Waals surface area contributed by atoms with Crippen molar-refractivity contribution in [3.63, 3.8) is 0 Å². The monoisotopic (exact) mass is 1010 g/mol. The smallest absolute Gasteiger partial charge is 0.235 e. The molecule has 0 unspecified atom stereocenters. The molecule has 0 amide bonds. The lowest BCUT2D eigenvalue weighted by atomic mass is 9.99. The van der Waals surface area contributed by atoms with Crippen LogP contribution in [0.1, 0.15) is 0 Å². The van der Waals surface area contributed by atoms with Gasteiger partial charge in [0.2, 0.25) is 5.95 Å². The van der Waals surface area contributed by atoms with E-state index in [0.717, 1.165) is 117 Å². The zero-order valence-corrected chi connectivity index (χ0v) is 42.5. The summed E-state index contributed by atoms with van der Waals surface area (Å²) in [4.78, 5) is 26.8. The van der Waals surface area contributed by atoms with Crippen LogP contribution in [0.2, 0.25) is 0 Å². The van der Waals surface area contributed by atoms with E-state index >= 15 is 0 Å². The molecule has 79 heavy (non-hydrogen) atoms. The van der Waals surface area contributed by atoms with Crippen LogP contribution >= 0.6 is 0 Å². The maximum Gasteiger partial charge on any atom is 0.235 e. The first kappa shape index (κ1) is 44.5. The van der Waals surface area contributed by atoms with Crippen LogP contribution in [-0.4, -0.2) is 38.6 Å². The van der Waals surface area contributed by atoms with Gasteiger partial charge in [0.1, 0.15) is 17.0 Å². The predicted molar refractivity (Wildman–Crippen MR) is 323 cm³/mol. The number of fused-ring (bicyclic) bond motifs is 10. The lowest BCUT2D eigenvalue weighted by Gasteiger charge is -2.13. The number of rotatable bonds is 8. The molecule has 0 atom stereocenters. The van der Waals surface area contributed by atoms with E-state index in [-0.39, 0.29) is 0 Å². The summed E-state index contributed by atoms with van der Waals surface area (Å²) in [6.07, 6.45) is 0. The maximum atomic E-state index is 5.47. The summed E-state index contributed by atoms with van der Waals surface area (Å²) < 4.78 is 6.82. The Hall–Kier alpha value is -10.8. The Morgan fingerprint density at radius 3 is 1.57 bits per heavy atom. The molecule has 5 heterocycles. The van der Waals surface area contributed by atoms with Crippen molar-refractivity contribution in [3.05, 3.63) is 267 Å². The fourth-order valence-corrected chi connectivity index (χ4v) is 11.9. The van der Waals surface area contributed by atoms with Crippen LogP contribution in [-0.2, 0) is 0 Å². The van der Waals surface area contributed by atoms with E-state index < -0.39 is 0 Å². The molecule has 5 aromatic heterocycles. The molecule has 0 aliphatic heterocycles. The van der Waals surface area contributed by atoms with E-state index in [9.17, 15) is 0 Å². The van der Waals surface area contributed by atoms with Gasteiger partial charge < -0.3 is 4.57 Å². The van der Waals surface area contributed by atoms with Gasteiger partial charge in [-0.15, -0.1) is 0 Å². The summed E-state index contributed by atoms with van der Waals surface area (Å²) in [5.74, 6) is 2.04. The van der Waals surface area contributed by atoms with Crippen molar-refractivity contribution < 1.29 is 0 Å². The second-order valence-corrected chi connectivity index (χ2v) is 20.0. The maximum absolute atomic E-state index is 5.47. The first-order chi connectivity index (χ1) is 39.2. The van der Waals surface area contributed by atoms with Crippen molar-refractivity contribution in [3.8, 4) is 73.7 Å². The molecule has 0 spiro atoms. The van der Waals surface area contributed by atoms with Crippen LogP contribution in [0.4, 0.5) is 0 Å². The van der Waals surface area contributed by atoms with E-state index in [2.05, 4.69) is 238 Å². The van der Waals surface area contributed by atoms with Gasteiger partial charge in [-0.05, 0) is 94.7 Å². The molecule has 0 fully saturated rings. The number of imidazole rings is 1. The van der Waals surface area contributed by atoms with Gasteiger partial charge in [-0.1, -0.05) is 194 Å². The van der Waals surface area contributed by atoms with Gasteiger partial charge in [0, 0.05) is 60.6 Å². The van der Waals surface area contributed by atoms with Crippen molar-refractivity contribution in [1.82, 2.24) is 38.6 Å². The van der Waals surface area contributed by atoms with E-state index in [1.807, 2.05) is 42.5 Å². The number of aromatic nitrogens is 8. The quantitative estimate of drug-likeness (QED) is 0.152. The molecule has 368 valence electrons. The highest BCUT2D eigenvalue weighted by Crippen LogP contribution is 2.42. The summed E-state index contributed by atoms with van der Waals surface area (Å²) in [5.41, 5.74) is 16.6. The molecule has 8 nitrogen and oxygen atoms in total. The summed E-state index contributed by atoms with van der Waals surface area (Å²) in [7, 11) is 0. The van der Waals surface area contributed by atoms with Gasteiger partial charge in [0.25, 0.3) is 0 Å². The second kappa shape index (κ2) is 17.9. The van der Waals surface area contributed by atoms with Crippen LogP contribution in [0.25, 0.3) is 150 Å². The lowest BCUT2D eigenvalue weighted by molar-refractivity contribution is 1.01. The molecular weight excluding hydrogens is 965 g/mol. The molecular formula is C71H44N8.